The van der Waals surface area contributed by atoms with Crippen LogP contribution in [0.5, 0.6) is 0 Å². The van der Waals surface area contributed by atoms with Gasteiger partial charge < -0.3 is 10.6 Å². The predicted molar refractivity (Wildman–Crippen MR) is 95.8 cm³/mol. The zero-order valence-electron chi connectivity index (χ0n) is 15.3. The number of nitrogens with one attached hydrogen (secondary N) is 3. The first-order valence-corrected chi connectivity index (χ1v) is 8.75. The number of amides is 4. The van der Waals surface area contributed by atoms with E-state index in [4.69, 9.17) is 0 Å². The molecule has 1 fully saturated rings. The van der Waals surface area contributed by atoms with Crippen molar-refractivity contribution in [2.45, 2.75) is 52.6 Å². The molecule has 0 saturated carbocycles. The van der Waals surface area contributed by atoms with Crippen molar-refractivity contribution in [1.82, 2.24) is 16.0 Å². The largest absolute Gasteiger partial charge is 0.349 e. The first kappa shape index (κ1) is 19.0. The molecule has 1 aromatic rings. The summed E-state index contributed by atoms with van der Waals surface area (Å²) in [6, 6.07) is 6.81. The molecule has 0 bridgehead atoms. The number of hydrogen-bond acceptors (Lipinski definition) is 3. The van der Waals surface area contributed by atoms with E-state index in [9.17, 15) is 14.4 Å². The summed E-state index contributed by atoms with van der Waals surface area (Å²) in [5, 5.41) is 7.56. The highest BCUT2D eigenvalue weighted by Gasteiger charge is 2.32. The van der Waals surface area contributed by atoms with Gasteiger partial charge in [-0.15, -0.1) is 0 Å². The maximum atomic E-state index is 12.3. The quantitative estimate of drug-likeness (QED) is 0.663. The minimum Gasteiger partial charge on any atom is -0.349 e. The van der Waals surface area contributed by atoms with Crippen LogP contribution in [0.25, 0.3) is 0 Å². The summed E-state index contributed by atoms with van der Waals surface area (Å²) in [6.07, 6.45) is 0.960. The van der Waals surface area contributed by atoms with Gasteiger partial charge in [0.25, 0.3) is 5.91 Å². The summed E-state index contributed by atoms with van der Waals surface area (Å²) < 4.78 is 0. The second-order valence-electron chi connectivity index (χ2n) is 7.35. The van der Waals surface area contributed by atoms with Crippen molar-refractivity contribution in [3.63, 3.8) is 0 Å². The predicted octanol–water partition coefficient (Wildman–Crippen LogP) is 2.30. The summed E-state index contributed by atoms with van der Waals surface area (Å²) in [6.45, 7) is 8.44. The molecule has 2 rings (SSSR count). The molecule has 0 spiro atoms. The van der Waals surface area contributed by atoms with E-state index in [1.807, 2.05) is 26.0 Å². The fourth-order valence-electron chi connectivity index (χ4n) is 2.99. The normalized spacial score (nSPS) is 18.2. The van der Waals surface area contributed by atoms with Crippen LogP contribution >= 0.6 is 0 Å². The molecular weight excluding hydrogens is 318 g/mol. The Morgan fingerprint density at radius 1 is 1.12 bits per heavy atom. The molecule has 6 nitrogen and oxygen atoms in total. The van der Waals surface area contributed by atoms with Crippen molar-refractivity contribution in [3.8, 4) is 0 Å². The summed E-state index contributed by atoms with van der Waals surface area (Å²) >= 11 is 0. The fourth-order valence-corrected chi connectivity index (χ4v) is 2.99. The fraction of sp³-hybridized carbons (Fsp3) is 0.526. The van der Waals surface area contributed by atoms with Gasteiger partial charge in [0, 0.05) is 0 Å². The smallest absolute Gasteiger partial charge is 0.322 e. The Balaban J connectivity index is 2.01. The molecule has 3 N–H and O–H groups in total. The lowest BCUT2D eigenvalue weighted by molar-refractivity contribution is -0.127. The Morgan fingerprint density at radius 3 is 2.24 bits per heavy atom. The van der Waals surface area contributed by atoms with Gasteiger partial charge in [-0.25, -0.2) is 4.79 Å². The third kappa shape index (κ3) is 5.31. The van der Waals surface area contributed by atoms with Crippen molar-refractivity contribution >= 4 is 17.8 Å². The van der Waals surface area contributed by atoms with Gasteiger partial charge in [-0.1, -0.05) is 52.0 Å². The third-order valence-corrected chi connectivity index (χ3v) is 4.21. The molecule has 6 heteroatoms. The van der Waals surface area contributed by atoms with Crippen molar-refractivity contribution in [3.05, 3.63) is 35.4 Å². The highest BCUT2D eigenvalue weighted by molar-refractivity contribution is 6.05. The van der Waals surface area contributed by atoms with Gasteiger partial charge in [-0.05, 0) is 29.4 Å². The topological polar surface area (TPSA) is 87.3 Å². The molecule has 1 aliphatic heterocycles. The molecule has 0 aromatic heterocycles. The highest BCUT2D eigenvalue weighted by atomic mass is 16.2. The van der Waals surface area contributed by atoms with Crippen LogP contribution in [0.4, 0.5) is 4.79 Å². The van der Waals surface area contributed by atoms with Crippen LogP contribution in [0, 0.1) is 11.8 Å². The Bertz CT molecular complexity index is 638. The molecule has 4 amide bonds. The molecule has 25 heavy (non-hydrogen) atoms. The van der Waals surface area contributed by atoms with Crippen LogP contribution in [-0.4, -0.2) is 23.9 Å². The minimum atomic E-state index is -0.797. The zero-order chi connectivity index (χ0) is 18.6. The van der Waals surface area contributed by atoms with Crippen LogP contribution in [0.3, 0.4) is 0 Å². The lowest BCUT2D eigenvalue weighted by Crippen LogP contribution is -2.38. The van der Waals surface area contributed by atoms with E-state index in [-0.39, 0.29) is 24.3 Å². The van der Waals surface area contributed by atoms with Gasteiger partial charge in [-0.2, -0.15) is 0 Å². The van der Waals surface area contributed by atoms with Crippen LogP contribution in [0.2, 0.25) is 0 Å². The van der Waals surface area contributed by atoms with Crippen LogP contribution in [-0.2, 0) is 16.0 Å². The number of urea groups is 1. The van der Waals surface area contributed by atoms with Crippen LogP contribution < -0.4 is 16.0 Å². The first-order chi connectivity index (χ1) is 11.8. The van der Waals surface area contributed by atoms with Gasteiger partial charge in [0.15, 0.2) is 0 Å². The Morgan fingerprint density at radius 2 is 1.76 bits per heavy atom. The number of rotatable bonds is 7. The third-order valence-electron chi connectivity index (χ3n) is 4.21. The molecule has 136 valence electrons. The second kappa shape index (κ2) is 8.14. The van der Waals surface area contributed by atoms with Gasteiger partial charge >= 0.3 is 6.03 Å². The zero-order valence-corrected chi connectivity index (χ0v) is 15.3. The maximum absolute atomic E-state index is 12.3. The van der Waals surface area contributed by atoms with Crippen molar-refractivity contribution in [2.24, 2.45) is 11.8 Å². The SMILES string of the molecule is CC(C)Cc1ccc([C@H](NC(=O)C[C@H]2NC(=O)NC2=O)C(C)C)cc1. The van der Waals surface area contributed by atoms with Gasteiger partial charge in [0.1, 0.15) is 6.04 Å². The average Bonchev–Trinajstić information content (AvgIpc) is 2.82. The van der Waals surface area contributed by atoms with E-state index in [0.29, 0.717) is 5.92 Å². The van der Waals surface area contributed by atoms with E-state index in [0.717, 1.165) is 12.0 Å². The number of hydrogen-bond donors (Lipinski definition) is 3. The van der Waals surface area contributed by atoms with Crippen LogP contribution in [0.15, 0.2) is 24.3 Å². The number of carbonyl (C=O) groups is 3. The van der Waals surface area contributed by atoms with E-state index >= 15 is 0 Å². The summed E-state index contributed by atoms with van der Waals surface area (Å²) in [7, 11) is 0. The standard InChI is InChI=1S/C19H27N3O3/c1-11(2)9-13-5-7-14(8-6-13)17(12(3)4)21-16(23)10-15-18(24)22-19(25)20-15/h5-8,11-12,15,17H,9-10H2,1-4H3,(H,21,23)(H2,20,22,24,25)/t15-,17-/m1/s1. The summed E-state index contributed by atoms with van der Waals surface area (Å²) in [5.41, 5.74) is 2.31. The maximum Gasteiger partial charge on any atom is 0.322 e. The van der Waals surface area contributed by atoms with E-state index in [2.05, 4.69) is 41.9 Å². The number of carbonyl (C=O) groups excluding carboxylic acids is 3. The molecule has 2 atom stereocenters. The average molecular weight is 345 g/mol. The molecule has 0 radical (unpaired) electrons. The van der Waals surface area contributed by atoms with Gasteiger partial charge in [0.05, 0.1) is 12.5 Å². The van der Waals surface area contributed by atoms with E-state index in [1.54, 1.807) is 0 Å². The molecular formula is C19H27N3O3. The summed E-state index contributed by atoms with van der Waals surface area (Å²) in [5.74, 6) is 0.0812. The lowest BCUT2D eigenvalue weighted by atomic mass is 9.93. The molecule has 1 aliphatic rings. The van der Waals surface area contributed by atoms with Gasteiger partial charge in [-0.3, -0.25) is 14.9 Å². The Labute approximate surface area is 148 Å². The molecule has 1 heterocycles. The molecule has 1 aromatic carbocycles. The van der Waals surface area contributed by atoms with Gasteiger partial charge in [0.2, 0.25) is 5.91 Å². The molecule has 0 aliphatic carbocycles. The van der Waals surface area contributed by atoms with E-state index in [1.165, 1.54) is 5.56 Å². The monoisotopic (exact) mass is 345 g/mol. The van der Waals surface area contributed by atoms with Crippen LogP contribution in [0.1, 0.15) is 51.3 Å². The van der Waals surface area contributed by atoms with Crippen molar-refractivity contribution in [1.29, 1.82) is 0 Å². The lowest BCUT2D eigenvalue weighted by Gasteiger charge is -2.24. The minimum absolute atomic E-state index is 0.0633. The van der Waals surface area contributed by atoms with Crippen molar-refractivity contribution in [2.75, 3.05) is 0 Å². The second-order valence-corrected chi connectivity index (χ2v) is 7.35. The highest BCUT2D eigenvalue weighted by Crippen LogP contribution is 2.23. The molecule has 1 saturated heterocycles. The van der Waals surface area contributed by atoms with E-state index < -0.39 is 18.0 Å². The molecule has 0 unspecified atom stereocenters. The number of benzene rings is 1. The first-order valence-electron chi connectivity index (χ1n) is 8.75. The van der Waals surface area contributed by atoms with Crippen molar-refractivity contribution < 1.29 is 14.4 Å². The summed E-state index contributed by atoms with van der Waals surface area (Å²) in [4.78, 5) is 35.0. The Hall–Kier alpha value is -2.37. The number of imide groups is 1. The Kier molecular flexibility index (Phi) is 6.17.